The largest absolute Gasteiger partial charge is 0.457 e. The summed E-state index contributed by atoms with van der Waals surface area (Å²) in [5, 5.41) is 0. The Hall–Kier alpha value is -3.82. The predicted molar refractivity (Wildman–Crippen MR) is 152 cm³/mol. The smallest absolute Gasteiger partial charge is 0.264 e. The third kappa shape index (κ3) is 4.77. The van der Waals surface area contributed by atoms with Gasteiger partial charge in [0.25, 0.3) is 20.0 Å². The summed E-state index contributed by atoms with van der Waals surface area (Å²) in [7, 11) is -7.43. The number of anilines is 2. The molecular weight excluding hydrogens is 532 g/mol. The van der Waals surface area contributed by atoms with Gasteiger partial charge in [-0.05, 0) is 97.5 Å². The molecule has 0 radical (unpaired) electrons. The van der Waals surface area contributed by atoms with Crippen molar-refractivity contribution in [3.8, 4) is 11.5 Å². The minimum absolute atomic E-state index is 0.190. The highest BCUT2D eigenvalue weighted by atomic mass is 32.2. The maximum Gasteiger partial charge on any atom is 0.264 e. The van der Waals surface area contributed by atoms with Gasteiger partial charge in [-0.2, -0.15) is 0 Å². The van der Waals surface area contributed by atoms with Gasteiger partial charge in [-0.3, -0.25) is 8.61 Å². The molecule has 0 saturated heterocycles. The van der Waals surface area contributed by atoms with Gasteiger partial charge in [0.1, 0.15) is 11.5 Å². The maximum absolute atomic E-state index is 13.4. The van der Waals surface area contributed by atoms with Gasteiger partial charge in [0, 0.05) is 13.1 Å². The minimum atomic E-state index is -3.71. The van der Waals surface area contributed by atoms with Gasteiger partial charge in [0.2, 0.25) is 0 Å². The zero-order valence-electron chi connectivity index (χ0n) is 21.2. The van der Waals surface area contributed by atoms with Crippen LogP contribution in [0.15, 0.2) is 107 Å². The lowest BCUT2D eigenvalue weighted by atomic mass is 10.0. The molecule has 9 heteroatoms. The molecule has 2 heterocycles. The van der Waals surface area contributed by atoms with Gasteiger partial charge < -0.3 is 4.74 Å². The Morgan fingerprint density at radius 1 is 0.513 bits per heavy atom. The van der Waals surface area contributed by atoms with Crippen LogP contribution in [-0.4, -0.2) is 29.9 Å². The number of ether oxygens (including phenoxy) is 1. The minimum Gasteiger partial charge on any atom is -0.457 e. The van der Waals surface area contributed by atoms with E-state index in [4.69, 9.17) is 4.74 Å². The average Bonchev–Trinajstić information content (AvgIpc) is 2.97. The number of sulfonamides is 2. The number of nitrogens with zero attached hydrogens (tertiary/aromatic N) is 2. The summed E-state index contributed by atoms with van der Waals surface area (Å²) >= 11 is 0. The molecule has 0 spiro atoms. The molecule has 7 nitrogen and oxygen atoms in total. The third-order valence-electron chi connectivity index (χ3n) is 7.19. The van der Waals surface area contributed by atoms with E-state index in [1.807, 2.05) is 48.5 Å². The SMILES string of the molecule is O=S(=O)(c1ccc(Oc2ccc(S(=O)(=O)N3CCCc4ccccc43)cc2)cc1)N1CCCc2ccccc21. The molecule has 0 aliphatic carbocycles. The quantitative estimate of drug-likeness (QED) is 0.299. The molecule has 0 unspecified atom stereocenters. The van der Waals surface area contributed by atoms with Crippen molar-refractivity contribution < 1.29 is 21.6 Å². The summed E-state index contributed by atoms with van der Waals surface area (Å²) in [6.45, 7) is 0.881. The van der Waals surface area contributed by atoms with E-state index in [1.165, 1.54) is 32.9 Å². The topological polar surface area (TPSA) is 84.0 Å². The summed E-state index contributed by atoms with van der Waals surface area (Å²) in [6, 6.07) is 27.8. The van der Waals surface area contributed by atoms with E-state index < -0.39 is 20.0 Å². The summed E-state index contributed by atoms with van der Waals surface area (Å²) < 4.78 is 62.4. The number of fused-ring (bicyclic) bond motifs is 2. The van der Waals surface area contributed by atoms with Crippen LogP contribution >= 0.6 is 0 Å². The van der Waals surface area contributed by atoms with Crippen molar-refractivity contribution in [3.05, 3.63) is 108 Å². The van der Waals surface area contributed by atoms with Crippen LogP contribution in [0, 0.1) is 0 Å². The molecule has 0 atom stereocenters. The van der Waals surface area contributed by atoms with E-state index in [2.05, 4.69) is 0 Å². The summed E-state index contributed by atoms with van der Waals surface area (Å²) in [4.78, 5) is 0.379. The molecular formula is C30H28N2O5S2. The van der Waals surface area contributed by atoms with Crippen LogP contribution in [0.4, 0.5) is 11.4 Å². The van der Waals surface area contributed by atoms with Crippen LogP contribution in [0.3, 0.4) is 0 Å². The second-order valence-electron chi connectivity index (χ2n) is 9.66. The molecule has 4 aromatic carbocycles. The van der Waals surface area contributed by atoms with E-state index in [0.29, 0.717) is 24.6 Å². The molecule has 0 N–H and O–H groups in total. The normalized spacial score (nSPS) is 15.4. The van der Waals surface area contributed by atoms with Crippen molar-refractivity contribution in [2.45, 2.75) is 35.5 Å². The molecule has 39 heavy (non-hydrogen) atoms. The number of hydrogen-bond donors (Lipinski definition) is 0. The Morgan fingerprint density at radius 2 is 0.897 bits per heavy atom. The van der Waals surface area contributed by atoms with Gasteiger partial charge in [0.15, 0.2) is 0 Å². The highest BCUT2D eigenvalue weighted by molar-refractivity contribution is 7.93. The van der Waals surface area contributed by atoms with Crippen molar-refractivity contribution >= 4 is 31.4 Å². The van der Waals surface area contributed by atoms with Crippen molar-refractivity contribution in [2.24, 2.45) is 0 Å². The van der Waals surface area contributed by atoms with E-state index >= 15 is 0 Å². The van der Waals surface area contributed by atoms with Gasteiger partial charge in [-0.25, -0.2) is 16.8 Å². The highest BCUT2D eigenvalue weighted by Crippen LogP contribution is 2.34. The lowest BCUT2D eigenvalue weighted by Crippen LogP contribution is -2.35. The van der Waals surface area contributed by atoms with E-state index in [-0.39, 0.29) is 9.79 Å². The van der Waals surface area contributed by atoms with Crippen molar-refractivity contribution in [2.75, 3.05) is 21.7 Å². The first-order valence-electron chi connectivity index (χ1n) is 12.9. The molecule has 2 aliphatic heterocycles. The number of para-hydroxylation sites is 2. The van der Waals surface area contributed by atoms with E-state index in [9.17, 15) is 16.8 Å². The van der Waals surface area contributed by atoms with Crippen LogP contribution in [-0.2, 0) is 32.9 Å². The Bertz CT molecular complexity index is 1590. The zero-order valence-corrected chi connectivity index (χ0v) is 22.9. The fourth-order valence-corrected chi connectivity index (χ4v) is 8.33. The third-order valence-corrected chi connectivity index (χ3v) is 10.8. The molecule has 2 aliphatic rings. The molecule has 4 aromatic rings. The van der Waals surface area contributed by atoms with Crippen molar-refractivity contribution in [3.63, 3.8) is 0 Å². The van der Waals surface area contributed by atoms with Gasteiger partial charge >= 0.3 is 0 Å². The standard InChI is InChI=1S/C30H28N2O5S2/c33-38(34,31-21-5-9-23-7-1-3-11-29(23)31)27-17-13-25(14-18-27)37-26-15-19-28(20-16-26)39(35,36)32-22-6-10-24-8-2-4-12-30(24)32/h1-4,7-8,11-20H,5-6,9-10,21-22H2. The van der Waals surface area contributed by atoms with Crippen LogP contribution < -0.4 is 13.3 Å². The van der Waals surface area contributed by atoms with Crippen LogP contribution in [0.1, 0.15) is 24.0 Å². The molecule has 200 valence electrons. The van der Waals surface area contributed by atoms with Crippen LogP contribution in [0.5, 0.6) is 11.5 Å². The second-order valence-corrected chi connectivity index (χ2v) is 13.4. The summed E-state index contributed by atoms with van der Waals surface area (Å²) in [5.41, 5.74) is 3.52. The maximum atomic E-state index is 13.4. The highest BCUT2D eigenvalue weighted by Gasteiger charge is 2.30. The van der Waals surface area contributed by atoms with Gasteiger partial charge in [0.05, 0.1) is 21.2 Å². The summed E-state index contributed by atoms with van der Waals surface area (Å²) in [6.07, 6.45) is 3.27. The van der Waals surface area contributed by atoms with E-state index in [1.54, 1.807) is 24.3 Å². The fraction of sp³-hybridized carbons (Fsp3) is 0.200. The molecule has 6 rings (SSSR count). The molecule has 0 bridgehead atoms. The lowest BCUT2D eigenvalue weighted by Gasteiger charge is -2.30. The molecule has 0 saturated carbocycles. The molecule has 0 aromatic heterocycles. The first kappa shape index (κ1) is 25.5. The van der Waals surface area contributed by atoms with Crippen LogP contribution in [0.25, 0.3) is 0 Å². The zero-order chi connectivity index (χ0) is 27.0. The first-order valence-corrected chi connectivity index (χ1v) is 15.8. The van der Waals surface area contributed by atoms with E-state index in [0.717, 1.165) is 48.2 Å². The average molecular weight is 561 g/mol. The van der Waals surface area contributed by atoms with Gasteiger partial charge in [-0.1, -0.05) is 36.4 Å². The second kappa shape index (κ2) is 10.1. The Kier molecular flexibility index (Phi) is 6.56. The Labute approximate surface area is 229 Å². The Balaban J connectivity index is 1.18. The fourth-order valence-electron chi connectivity index (χ4n) is 5.25. The predicted octanol–water partition coefficient (Wildman–Crippen LogP) is 5.76. The van der Waals surface area contributed by atoms with Crippen LogP contribution in [0.2, 0.25) is 0 Å². The number of hydrogen-bond acceptors (Lipinski definition) is 5. The van der Waals surface area contributed by atoms with Crippen molar-refractivity contribution in [1.82, 2.24) is 0 Å². The number of benzene rings is 4. The van der Waals surface area contributed by atoms with Crippen molar-refractivity contribution in [1.29, 1.82) is 0 Å². The van der Waals surface area contributed by atoms with Gasteiger partial charge in [-0.15, -0.1) is 0 Å². The number of aryl methyl sites for hydroxylation is 2. The first-order chi connectivity index (χ1) is 18.8. The lowest BCUT2D eigenvalue weighted by molar-refractivity contribution is 0.481. The summed E-state index contributed by atoms with van der Waals surface area (Å²) in [5.74, 6) is 0.905. The molecule has 0 fully saturated rings. The molecule has 0 amide bonds. The monoisotopic (exact) mass is 560 g/mol. The Morgan fingerprint density at radius 3 is 1.31 bits per heavy atom. The number of rotatable bonds is 6.